The molecule has 4 nitrogen and oxygen atoms in total. The van der Waals surface area contributed by atoms with Gasteiger partial charge in [0.25, 0.3) is 0 Å². The molecule has 1 atom stereocenters. The Bertz CT molecular complexity index is 644. The van der Waals surface area contributed by atoms with E-state index < -0.39 is 6.10 Å². The van der Waals surface area contributed by atoms with E-state index in [0.29, 0.717) is 28.4 Å². The zero-order valence-corrected chi connectivity index (χ0v) is 11.3. The van der Waals surface area contributed by atoms with Crippen LogP contribution in [-0.4, -0.2) is 12.2 Å². The summed E-state index contributed by atoms with van der Waals surface area (Å²) in [7, 11) is 1.52. The van der Waals surface area contributed by atoms with Gasteiger partial charge in [0.15, 0.2) is 11.5 Å². The third-order valence-corrected chi connectivity index (χ3v) is 2.88. The van der Waals surface area contributed by atoms with Gasteiger partial charge in [-0.3, -0.25) is 0 Å². The quantitative estimate of drug-likeness (QED) is 0.923. The number of para-hydroxylation sites is 1. The smallest absolute Gasteiger partial charge is 0.169 e. The molecule has 4 heteroatoms. The average Bonchev–Trinajstić information content (AvgIpc) is 2.48. The highest BCUT2D eigenvalue weighted by molar-refractivity contribution is 5.49. The van der Waals surface area contributed by atoms with Crippen LogP contribution in [0.15, 0.2) is 42.5 Å². The van der Waals surface area contributed by atoms with Crippen LogP contribution >= 0.6 is 0 Å². The first-order valence-corrected chi connectivity index (χ1v) is 6.18. The summed E-state index contributed by atoms with van der Waals surface area (Å²) in [5, 5.41) is 18.6. The number of rotatable bonds is 4. The van der Waals surface area contributed by atoms with E-state index in [1.165, 1.54) is 7.11 Å². The lowest BCUT2D eigenvalue weighted by atomic mass is 10.1. The van der Waals surface area contributed by atoms with Crippen LogP contribution in [0, 0.1) is 11.3 Å². The molecule has 0 saturated carbocycles. The summed E-state index contributed by atoms with van der Waals surface area (Å²) >= 11 is 0. The Morgan fingerprint density at radius 3 is 2.50 bits per heavy atom. The van der Waals surface area contributed by atoms with Crippen molar-refractivity contribution in [3.63, 3.8) is 0 Å². The van der Waals surface area contributed by atoms with E-state index in [1.54, 1.807) is 37.3 Å². The van der Waals surface area contributed by atoms with Crippen molar-refractivity contribution in [1.82, 2.24) is 0 Å². The van der Waals surface area contributed by atoms with Gasteiger partial charge in [-0.1, -0.05) is 18.2 Å². The second-order valence-electron chi connectivity index (χ2n) is 4.29. The minimum absolute atomic E-state index is 0.476. The molecular weight excluding hydrogens is 254 g/mol. The van der Waals surface area contributed by atoms with Crippen molar-refractivity contribution in [2.24, 2.45) is 0 Å². The molecule has 2 rings (SSSR count). The SMILES string of the molecule is COc1cc(C#N)ccc1Oc1ccccc1C(C)O. The van der Waals surface area contributed by atoms with Crippen LogP contribution < -0.4 is 9.47 Å². The normalized spacial score (nSPS) is 11.5. The molecule has 0 aliphatic carbocycles. The summed E-state index contributed by atoms with van der Waals surface area (Å²) in [5.74, 6) is 1.54. The van der Waals surface area contributed by atoms with Gasteiger partial charge in [-0.25, -0.2) is 0 Å². The number of nitrogens with zero attached hydrogens (tertiary/aromatic N) is 1. The molecule has 0 aromatic heterocycles. The Balaban J connectivity index is 2.38. The van der Waals surface area contributed by atoms with Crippen LogP contribution in [0.5, 0.6) is 17.2 Å². The summed E-state index contributed by atoms with van der Waals surface area (Å²) in [5.41, 5.74) is 1.19. The molecule has 102 valence electrons. The Kier molecular flexibility index (Phi) is 4.24. The number of methoxy groups -OCH3 is 1. The predicted octanol–water partition coefficient (Wildman–Crippen LogP) is 3.41. The largest absolute Gasteiger partial charge is 0.493 e. The van der Waals surface area contributed by atoms with Gasteiger partial charge >= 0.3 is 0 Å². The van der Waals surface area contributed by atoms with Gasteiger partial charge < -0.3 is 14.6 Å². The zero-order valence-electron chi connectivity index (χ0n) is 11.3. The molecule has 0 saturated heterocycles. The topological polar surface area (TPSA) is 62.5 Å². The van der Waals surface area contributed by atoms with Crippen LogP contribution in [0.25, 0.3) is 0 Å². The molecule has 20 heavy (non-hydrogen) atoms. The first kappa shape index (κ1) is 13.9. The van der Waals surface area contributed by atoms with Gasteiger partial charge in [-0.2, -0.15) is 5.26 Å². The van der Waals surface area contributed by atoms with Crippen LogP contribution in [0.2, 0.25) is 0 Å². The van der Waals surface area contributed by atoms with Gasteiger partial charge in [0.05, 0.1) is 24.8 Å². The van der Waals surface area contributed by atoms with Crippen molar-refractivity contribution >= 4 is 0 Å². The highest BCUT2D eigenvalue weighted by Gasteiger charge is 2.12. The second-order valence-corrected chi connectivity index (χ2v) is 4.29. The molecule has 2 aromatic rings. The number of hydrogen-bond acceptors (Lipinski definition) is 4. The molecule has 0 amide bonds. The maximum absolute atomic E-state index is 9.74. The Morgan fingerprint density at radius 1 is 1.10 bits per heavy atom. The average molecular weight is 269 g/mol. The molecular formula is C16H15NO3. The third-order valence-electron chi connectivity index (χ3n) is 2.88. The van der Waals surface area contributed by atoms with E-state index >= 15 is 0 Å². The molecule has 0 spiro atoms. The van der Waals surface area contributed by atoms with E-state index in [-0.39, 0.29) is 0 Å². The Labute approximate surface area is 117 Å². The van der Waals surface area contributed by atoms with E-state index in [2.05, 4.69) is 0 Å². The molecule has 2 aromatic carbocycles. The standard InChI is InChI=1S/C16H15NO3/c1-11(18)13-5-3-4-6-14(13)20-15-8-7-12(10-17)9-16(15)19-2/h3-9,11,18H,1-2H3. The number of nitriles is 1. The minimum Gasteiger partial charge on any atom is -0.493 e. The van der Waals surface area contributed by atoms with Gasteiger partial charge in [0.2, 0.25) is 0 Å². The number of ether oxygens (including phenoxy) is 2. The van der Waals surface area contributed by atoms with Crippen LogP contribution in [0.3, 0.4) is 0 Å². The first-order chi connectivity index (χ1) is 9.65. The van der Waals surface area contributed by atoms with Crippen molar-refractivity contribution in [3.05, 3.63) is 53.6 Å². The van der Waals surface area contributed by atoms with E-state index in [1.807, 2.05) is 18.2 Å². The second kappa shape index (κ2) is 6.09. The first-order valence-electron chi connectivity index (χ1n) is 6.18. The predicted molar refractivity (Wildman–Crippen MR) is 74.9 cm³/mol. The molecule has 0 aliphatic rings. The van der Waals surface area contributed by atoms with Gasteiger partial charge in [0.1, 0.15) is 5.75 Å². The van der Waals surface area contributed by atoms with Crippen molar-refractivity contribution in [2.75, 3.05) is 7.11 Å². The lowest BCUT2D eigenvalue weighted by Gasteiger charge is -2.15. The fourth-order valence-electron chi connectivity index (χ4n) is 1.86. The van der Waals surface area contributed by atoms with Gasteiger partial charge in [0, 0.05) is 11.6 Å². The van der Waals surface area contributed by atoms with Crippen molar-refractivity contribution in [1.29, 1.82) is 5.26 Å². The lowest BCUT2D eigenvalue weighted by molar-refractivity contribution is 0.195. The van der Waals surface area contributed by atoms with Crippen LogP contribution in [0.4, 0.5) is 0 Å². The summed E-state index contributed by atoms with van der Waals surface area (Å²) in [4.78, 5) is 0. The van der Waals surface area contributed by atoms with E-state index in [9.17, 15) is 5.11 Å². The number of aliphatic hydroxyl groups excluding tert-OH is 1. The molecule has 1 unspecified atom stereocenters. The van der Waals surface area contributed by atoms with Crippen molar-refractivity contribution in [3.8, 4) is 23.3 Å². The van der Waals surface area contributed by atoms with Gasteiger partial charge in [-0.05, 0) is 25.1 Å². The van der Waals surface area contributed by atoms with Crippen molar-refractivity contribution in [2.45, 2.75) is 13.0 Å². The van der Waals surface area contributed by atoms with Gasteiger partial charge in [-0.15, -0.1) is 0 Å². The number of aliphatic hydroxyl groups is 1. The maximum atomic E-state index is 9.74. The molecule has 0 fully saturated rings. The van der Waals surface area contributed by atoms with Crippen molar-refractivity contribution < 1.29 is 14.6 Å². The van der Waals surface area contributed by atoms with Crippen LogP contribution in [-0.2, 0) is 0 Å². The highest BCUT2D eigenvalue weighted by Crippen LogP contribution is 2.35. The lowest BCUT2D eigenvalue weighted by Crippen LogP contribution is -1.97. The fraction of sp³-hybridized carbons (Fsp3) is 0.188. The Morgan fingerprint density at radius 2 is 1.85 bits per heavy atom. The molecule has 0 bridgehead atoms. The minimum atomic E-state index is -0.629. The molecule has 0 aliphatic heterocycles. The summed E-state index contributed by atoms with van der Waals surface area (Å²) in [6.07, 6.45) is -0.629. The summed E-state index contributed by atoms with van der Waals surface area (Å²) < 4.78 is 11.0. The molecule has 0 radical (unpaired) electrons. The highest BCUT2D eigenvalue weighted by atomic mass is 16.5. The molecule has 0 heterocycles. The monoisotopic (exact) mass is 269 g/mol. The maximum Gasteiger partial charge on any atom is 0.169 e. The third kappa shape index (κ3) is 2.90. The number of hydrogen-bond donors (Lipinski definition) is 1. The zero-order chi connectivity index (χ0) is 14.5. The fourth-order valence-corrected chi connectivity index (χ4v) is 1.86. The summed E-state index contributed by atoms with van der Waals surface area (Å²) in [6.45, 7) is 1.68. The van der Waals surface area contributed by atoms with Crippen LogP contribution in [0.1, 0.15) is 24.2 Å². The number of benzene rings is 2. The summed E-state index contributed by atoms with van der Waals surface area (Å²) in [6, 6.07) is 14.2. The Hall–Kier alpha value is -2.51. The van der Waals surface area contributed by atoms with E-state index in [0.717, 1.165) is 0 Å². The van der Waals surface area contributed by atoms with E-state index in [4.69, 9.17) is 14.7 Å². The molecule has 1 N–H and O–H groups in total.